The molecule has 5 nitrogen and oxygen atoms in total. The molecule has 25 heavy (non-hydrogen) atoms. The molecule has 1 aliphatic carbocycles. The minimum absolute atomic E-state index is 0.0604. The Morgan fingerprint density at radius 2 is 2.04 bits per heavy atom. The van der Waals surface area contributed by atoms with Crippen molar-refractivity contribution in [2.24, 2.45) is 5.92 Å². The molecule has 1 aliphatic rings. The van der Waals surface area contributed by atoms with Crippen LogP contribution < -0.4 is 0 Å². The van der Waals surface area contributed by atoms with Gasteiger partial charge >= 0.3 is 5.97 Å². The summed E-state index contributed by atoms with van der Waals surface area (Å²) in [5, 5.41) is -0.107. The Morgan fingerprint density at radius 3 is 2.68 bits per heavy atom. The smallest absolute Gasteiger partial charge is 0.341 e. The maximum atomic E-state index is 12.5. The standard InChI is InChI=1S/C17H22F2N2O3S/c1-11-5-7-12(8-6-11)21(2)14(22)10-24-16(23)13-4-3-9-20-15(13)25-17(18)19/h3-4,9,11-12,17H,5-8,10H2,1-2H3. The van der Waals surface area contributed by atoms with E-state index in [4.69, 9.17) is 4.74 Å². The second-order valence-electron chi connectivity index (χ2n) is 6.23. The van der Waals surface area contributed by atoms with E-state index < -0.39 is 18.3 Å². The summed E-state index contributed by atoms with van der Waals surface area (Å²) >= 11 is 0.176. The zero-order chi connectivity index (χ0) is 18.4. The highest BCUT2D eigenvalue weighted by atomic mass is 32.2. The van der Waals surface area contributed by atoms with Crippen LogP contribution in [0.5, 0.6) is 0 Å². The van der Waals surface area contributed by atoms with Crippen LogP contribution in [-0.4, -0.2) is 47.2 Å². The molecular weight excluding hydrogens is 350 g/mol. The van der Waals surface area contributed by atoms with Crippen LogP contribution in [0, 0.1) is 5.92 Å². The predicted octanol–water partition coefficient (Wildman–Crippen LogP) is 3.59. The number of nitrogens with zero attached hydrogens (tertiary/aromatic N) is 2. The molecule has 0 radical (unpaired) electrons. The number of likely N-dealkylation sites (N-methyl/N-ethyl adjacent to an activating group) is 1. The number of ether oxygens (including phenoxy) is 1. The van der Waals surface area contributed by atoms with E-state index in [0.717, 1.165) is 25.7 Å². The van der Waals surface area contributed by atoms with Crippen molar-refractivity contribution in [3.05, 3.63) is 23.9 Å². The highest BCUT2D eigenvalue weighted by molar-refractivity contribution is 7.99. The van der Waals surface area contributed by atoms with E-state index in [1.54, 1.807) is 11.9 Å². The third-order valence-electron chi connectivity index (χ3n) is 4.45. The fourth-order valence-corrected chi connectivity index (χ4v) is 3.43. The second kappa shape index (κ2) is 9.12. The summed E-state index contributed by atoms with van der Waals surface area (Å²) in [4.78, 5) is 29.7. The fraction of sp³-hybridized carbons (Fsp3) is 0.588. The van der Waals surface area contributed by atoms with Gasteiger partial charge in [-0.2, -0.15) is 8.78 Å². The van der Waals surface area contributed by atoms with E-state index in [2.05, 4.69) is 11.9 Å². The first kappa shape index (κ1) is 19.6. The molecule has 2 rings (SSSR count). The van der Waals surface area contributed by atoms with Gasteiger partial charge in [0.2, 0.25) is 0 Å². The SMILES string of the molecule is CC1CCC(N(C)C(=O)COC(=O)c2cccnc2SC(F)F)CC1. The number of esters is 1. The highest BCUT2D eigenvalue weighted by Crippen LogP contribution is 2.27. The molecule has 0 saturated heterocycles. The van der Waals surface area contributed by atoms with Gasteiger partial charge in [-0.15, -0.1) is 0 Å². The maximum absolute atomic E-state index is 12.5. The van der Waals surface area contributed by atoms with E-state index in [9.17, 15) is 18.4 Å². The van der Waals surface area contributed by atoms with E-state index >= 15 is 0 Å². The number of aromatic nitrogens is 1. The van der Waals surface area contributed by atoms with Crippen molar-refractivity contribution >= 4 is 23.6 Å². The second-order valence-corrected chi connectivity index (χ2v) is 7.21. The molecule has 1 saturated carbocycles. The van der Waals surface area contributed by atoms with Gasteiger partial charge in [-0.1, -0.05) is 6.92 Å². The minimum Gasteiger partial charge on any atom is -0.452 e. The zero-order valence-electron chi connectivity index (χ0n) is 14.3. The van der Waals surface area contributed by atoms with Crippen LogP contribution in [0.1, 0.15) is 43.0 Å². The lowest BCUT2D eigenvalue weighted by Gasteiger charge is -2.33. The van der Waals surface area contributed by atoms with Crippen LogP contribution in [0.4, 0.5) is 8.78 Å². The Labute approximate surface area is 150 Å². The van der Waals surface area contributed by atoms with Gasteiger partial charge in [-0.3, -0.25) is 4.79 Å². The summed E-state index contributed by atoms with van der Waals surface area (Å²) in [5.41, 5.74) is -0.0604. The number of carbonyl (C=O) groups excluding carboxylic acids is 2. The molecule has 1 aromatic heterocycles. The van der Waals surface area contributed by atoms with E-state index in [-0.39, 0.29) is 34.3 Å². The first-order valence-electron chi connectivity index (χ1n) is 8.21. The van der Waals surface area contributed by atoms with Gasteiger partial charge in [0.15, 0.2) is 6.61 Å². The first-order valence-corrected chi connectivity index (χ1v) is 9.09. The fourth-order valence-electron chi connectivity index (χ4n) is 2.86. The monoisotopic (exact) mass is 372 g/mol. The van der Waals surface area contributed by atoms with Crippen molar-refractivity contribution in [2.75, 3.05) is 13.7 Å². The Morgan fingerprint density at radius 1 is 1.36 bits per heavy atom. The largest absolute Gasteiger partial charge is 0.452 e. The van der Waals surface area contributed by atoms with Crippen molar-refractivity contribution < 1.29 is 23.1 Å². The molecule has 138 valence electrons. The number of carbonyl (C=O) groups is 2. The highest BCUT2D eigenvalue weighted by Gasteiger charge is 2.26. The lowest BCUT2D eigenvalue weighted by atomic mass is 9.87. The first-order chi connectivity index (χ1) is 11.9. The topological polar surface area (TPSA) is 59.5 Å². The van der Waals surface area contributed by atoms with Crippen LogP contribution in [-0.2, 0) is 9.53 Å². The molecule has 0 unspecified atom stereocenters. The number of hydrogen-bond acceptors (Lipinski definition) is 5. The minimum atomic E-state index is -2.69. The molecule has 1 aromatic rings. The summed E-state index contributed by atoms with van der Waals surface area (Å²) in [6.07, 6.45) is 5.35. The van der Waals surface area contributed by atoms with Gasteiger partial charge in [-0.05, 0) is 55.5 Å². The molecule has 1 amide bonds. The number of rotatable bonds is 6. The normalized spacial score (nSPS) is 20.4. The average molecular weight is 372 g/mol. The maximum Gasteiger partial charge on any atom is 0.341 e. The predicted molar refractivity (Wildman–Crippen MR) is 90.6 cm³/mol. The summed E-state index contributed by atoms with van der Waals surface area (Å²) in [7, 11) is 1.71. The summed E-state index contributed by atoms with van der Waals surface area (Å²) < 4.78 is 30.1. The van der Waals surface area contributed by atoms with E-state index in [0.29, 0.717) is 5.92 Å². The molecule has 1 heterocycles. The average Bonchev–Trinajstić information content (AvgIpc) is 2.59. The molecule has 0 bridgehead atoms. The lowest BCUT2D eigenvalue weighted by molar-refractivity contribution is -0.136. The number of alkyl halides is 2. The lowest BCUT2D eigenvalue weighted by Crippen LogP contribution is -2.41. The summed E-state index contributed by atoms with van der Waals surface area (Å²) in [6, 6.07) is 2.98. The van der Waals surface area contributed by atoms with Gasteiger partial charge in [0.1, 0.15) is 5.03 Å². The molecule has 0 aromatic carbocycles. The number of hydrogen-bond donors (Lipinski definition) is 0. The molecule has 0 N–H and O–H groups in total. The van der Waals surface area contributed by atoms with Crippen LogP contribution in [0.25, 0.3) is 0 Å². The Bertz CT molecular complexity index is 607. The van der Waals surface area contributed by atoms with Crippen LogP contribution >= 0.6 is 11.8 Å². The van der Waals surface area contributed by atoms with Crippen molar-refractivity contribution in [1.82, 2.24) is 9.88 Å². The number of amides is 1. The number of thioether (sulfide) groups is 1. The Hall–Kier alpha value is -1.70. The quantitative estimate of drug-likeness (QED) is 0.564. The van der Waals surface area contributed by atoms with Crippen LogP contribution in [0.15, 0.2) is 23.4 Å². The molecule has 1 fully saturated rings. The zero-order valence-corrected chi connectivity index (χ0v) is 15.1. The van der Waals surface area contributed by atoms with Gasteiger partial charge < -0.3 is 9.64 Å². The van der Waals surface area contributed by atoms with Crippen molar-refractivity contribution in [1.29, 1.82) is 0 Å². The van der Waals surface area contributed by atoms with E-state index in [1.807, 2.05) is 0 Å². The third-order valence-corrected chi connectivity index (χ3v) is 5.17. The third kappa shape index (κ3) is 5.66. The van der Waals surface area contributed by atoms with Gasteiger partial charge in [-0.25, -0.2) is 9.78 Å². The molecule has 8 heteroatoms. The number of pyridine rings is 1. The van der Waals surface area contributed by atoms with Crippen LogP contribution in [0.2, 0.25) is 0 Å². The van der Waals surface area contributed by atoms with Gasteiger partial charge in [0.25, 0.3) is 11.7 Å². The van der Waals surface area contributed by atoms with Crippen molar-refractivity contribution in [3.8, 4) is 0 Å². The van der Waals surface area contributed by atoms with E-state index in [1.165, 1.54) is 18.3 Å². The molecular formula is C17H22F2N2O3S. The van der Waals surface area contributed by atoms with Crippen LogP contribution in [0.3, 0.4) is 0 Å². The number of halogens is 2. The van der Waals surface area contributed by atoms with Gasteiger partial charge in [0.05, 0.1) is 5.56 Å². The molecule has 0 aliphatic heterocycles. The Balaban J connectivity index is 1.90. The van der Waals surface area contributed by atoms with Crippen molar-refractivity contribution in [2.45, 2.75) is 49.4 Å². The molecule has 0 spiro atoms. The summed E-state index contributed by atoms with van der Waals surface area (Å²) in [6.45, 7) is 1.79. The van der Waals surface area contributed by atoms with Gasteiger partial charge in [0, 0.05) is 19.3 Å². The Kier molecular flexibility index (Phi) is 7.16. The molecule has 0 atom stereocenters. The summed E-state index contributed by atoms with van der Waals surface area (Å²) in [5.74, 6) is -3.13. The van der Waals surface area contributed by atoms with Crippen molar-refractivity contribution in [3.63, 3.8) is 0 Å².